The standard InChI is InChI=1S/C13H18N2O2/c1-9-4-2-6-11(13(9)17)15-12(16)8-10-5-3-7-14-10/h2,4,6,10,14,17H,3,5,7-8H2,1H3,(H,15,16). The molecule has 1 fully saturated rings. The molecule has 1 aromatic rings. The van der Waals surface area contributed by atoms with Gasteiger partial charge < -0.3 is 15.7 Å². The maximum atomic E-state index is 11.8. The fourth-order valence-corrected chi connectivity index (χ4v) is 2.12. The predicted octanol–water partition coefficient (Wildman–Crippen LogP) is 1.78. The second kappa shape index (κ2) is 5.19. The third-order valence-corrected chi connectivity index (χ3v) is 3.11. The molecule has 1 heterocycles. The second-order valence-electron chi connectivity index (χ2n) is 4.52. The Kier molecular flexibility index (Phi) is 3.64. The molecule has 4 nitrogen and oxygen atoms in total. The van der Waals surface area contributed by atoms with Crippen molar-refractivity contribution in [3.63, 3.8) is 0 Å². The number of hydrogen-bond acceptors (Lipinski definition) is 3. The molecule has 0 radical (unpaired) electrons. The monoisotopic (exact) mass is 234 g/mol. The number of nitrogens with one attached hydrogen (secondary N) is 2. The molecule has 92 valence electrons. The number of carbonyl (C=O) groups excluding carboxylic acids is 1. The topological polar surface area (TPSA) is 61.4 Å². The Labute approximate surface area is 101 Å². The number of anilines is 1. The number of carbonyl (C=O) groups is 1. The van der Waals surface area contributed by atoms with Crippen LogP contribution in [-0.4, -0.2) is 23.6 Å². The Balaban J connectivity index is 1.95. The van der Waals surface area contributed by atoms with Crippen LogP contribution in [0.3, 0.4) is 0 Å². The Bertz CT molecular complexity index is 412. The van der Waals surface area contributed by atoms with Gasteiger partial charge in [-0.05, 0) is 37.9 Å². The molecule has 1 atom stereocenters. The van der Waals surface area contributed by atoms with E-state index in [-0.39, 0.29) is 17.7 Å². The fraction of sp³-hybridized carbons (Fsp3) is 0.462. The molecule has 1 aromatic carbocycles. The van der Waals surface area contributed by atoms with E-state index < -0.39 is 0 Å². The van der Waals surface area contributed by atoms with Crippen molar-refractivity contribution in [1.82, 2.24) is 5.32 Å². The number of amides is 1. The van der Waals surface area contributed by atoms with E-state index in [1.165, 1.54) is 0 Å². The van der Waals surface area contributed by atoms with Gasteiger partial charge >= 0.3 is 0 Å². The molecule has 0 aromatic heterocycles. The van der Waals surface area contributed by atoms with E-state index >= 15 is 0 Å². The van der Waals surface area contributed by atoms with E-state index in [1.807, 2.05) is 19.1 Å². The smallest absolute Gasteiger partial charge is 0.226 e. The van der Waals surface area contributed by atoms with Crippen LogP contribution in [0.25, 0.3) is 0 Å². The van der Waals surface area contributed by atoms with Gasteiger partial charge in [0.25, 0.3) is 0 Å². The first-order chi connectivity index (χ1) is 8.16. The quantitative estimate of drug-likeness (QED) is 0.699. The first kappa shape index (κ1) is 11.9. The number of phenols is 1. The molecule has 1 aliphatic rings. The summed E-state index contributed by atoms with van der Waals surface area (Å²) in [6, 6.07) is 5.62. The van der Waals surface area contributed by atoms with Crippen molar-refractivity contribution in [1.29, 1.82) is 0 Å². The summed E-state index contributed by atoms with van der Waals surface area (Å²) >= 11 is 0. The lowest BCUT2D eigenvalue weighted by Crippen LogP contribution is -2.27. The van der Waals surface area contributed by atoms with Gasteiger partial charge in [-0.3, -0.25) is 4.79 Å². The molecule has 1 saturated heterocycles. The van der Waals surface area contributed by atoms with Crippen LogP contribution in [0, 0.1) is 6.92 Å². The molecule has 4 heteroatoms. The summed E-state index contributed by atoms with van der Waals surface area (Å²) in [4.78, 5) is 11.8. The van der Waals surface area contributed by atoms with Crippen LogP contribution in [0.1, 0.15) is 24.8 Å². The van der Waals surface area contributed by atoms with Crippen molar-refractivity contribution < 1.29 is 9.90 Å². The minimum atomic E-state index is -0.0506. The predicted molar refractivity (Wildman–Crippen MR) is 67.1 cm³/mol. The Hall–Kier alpha value is -1.55. The Morgan fingerprint density at radius 2 is 2.41 bits per heavy atom. The van der Waals surface area contributed by atoms with Crippen LogP contribution < -0.4 is 10.6 Å². The molecule has 0 bridgehead atoms. The number of aryl methyl sites for hydroxylation is 1. The molecule has 0 aliphatic carbocycles. The molecule has 1 unspecified atom stereocenters. The van der Waals surface area contributed by atoms with Gasteiger partial charge in [0, 0.05) is 12.5 Å². The van der Waals surface area contributed by atoms with Gasteiger partial charge in [0.05, 0.1) is 5.69 Å². The van der Waals surface area contributed by atoms with Gasteiger partial charge in [-0.25, -0.2) is 0 Å². The fourth-order valence-electron chi connectivity index (χ4n) is 2.12. The zero-order valence-corrected chi connectivity index (χ0v) is 9.99. The van der Waals surface area contributed by atoms with E-state index in [2.05, 4.69) is 10.6 Å². The molecular formula is C13H18N2O2. The van der Waals surface area contributed by atoms with Gasteiger partial charge in [0.1, 0.15) is 5.75 Å². The van der Waals surface area contributed by atoms with Crippen LogP contribution in [0.2, 0.25) is 0 Å². The van der Waals surface area contributed by atoms with E-state index in [9.17, 15) is 9.90 Å². The molecule has 0 saturated carbocycles. The van der Waals surface area contributed by atoms with E-state index in [4.69, 9.17) is 0 Å². The normalized spacial score (nSPS) is 19.2. The third-order valence-electron chi connectivity index (χ3n) is 3.11. The summed E-state index contributed by atoms with van der Waals surface area (Å²) in [6.45, 7) is 2.80. The van der Waals surface area contributed by atoms with Crippen molar-refractivity contribution >= 4 is 11.6 Å². The summed E-state index contributed by atoms with van der Waals surface area (Å²) in [5.74, 6) is 0.102. The molecular weight excluding hydrogens is 216 g/mol. The van der Waals surface area contributed by atoms with Crippen LogP contribution in [0.5, 0.6) is 5.75 Å². The van der Waals surface area contributed by atoms with Crippen LogP contribution in [0.15, 0.2) is 18.2 Å². The summed E-state index contributed by atoms with van der Waals surface area (Å²) in [6.07, 6.45) is 2.65. The first-order valence-corrected chi connectivity index (χ1v) is 5.98. The third kappa shape index (κ3) is 2.97. The lowest BCUT2D eigenvalue weighted by atomic mass is 10.1. The number of aromatic hydroxyl groups is 1. The number of rotatable bonds is 3. The molecule has 2 rings (SSSR count). The largest absolute Gasteiger partial charge is 0.505 e. The highest BCUT2D eigenvalue weighted by Crippen LogP contribution is 2.26. The highest BCUT2D eigenvalue weighted by atomic mass is 16.3. The second-order valence-corrected chi connectivity index (χ2v) is 4.52. The Morgan fingerprint density at radius 3 is 3.12 bits per heavy atom. The number of phenolic OH excluding ortho intramolecular Hbond substituents is 1. The molecule has 0 spiro atoms. The van der Waals surface area contributed by atoms with Crippen LogP contribution >= 0.6 is 0 Å². The highest BCUT2D eigenvalue weighted by molar-refractivity contribution is 5.92. The van der Waals surface area contributed by atoms with Crippen LogP contribution in [-0.2, 0) is 4.79 Å². The van der Waals surface area contributed by atoms with Crippen molar-refractivity contribution in [2.45, 2.75) is 32.2 Å². The minimum absolute atomic E-state index is 0.0506. The molecule has 1 aliphatic heterocycles. The molecule has 3 N–H and O–H groups in total. The summed E-state index contributed by atoms with van der Waals surface area (Å²) in [5.41, 5.74) is 1.26. The lowest BCUT2D eigenvalue weighted by molar-refractivity contribution is -0.116. The van der Waals surface area contributed by atoms with Crippen molar-refractivity contribution in [2.24, 2.45) is 0 Å². The van der Waals surface area contributed by atoms with Gasteiger partial charge in [0.15, 0.2) is 0 Å². The van der Waals surface area contributed by atoms with Crippen molar-refractivity contribution in [2.75, 3.05) is 11.9 Å². The van der Waals surface area contributed by atoms with Gasteiger partial charge in [-0.1, -0.05) is 12.1 Å². The minimum Gasteiger partial charge on any atom is -0.505 e. The average Bonchev–Trinajstić information content (AvgIpc) is 2.77. The molecule has 1 amide bonds. The zero-order valence-electron chi connectivity index (χ0n) is 9.99. The summed E-state index contributed by atoms with van der Waals surface area (Å²) in [5, 5.41) is 15.8. The lowest BCUT2D eigenvalue weighted by Gasteiger charge is -2.12. The Morgan fingerprint density at radius 1 is 1.59 bits per heavy atom. The SMILES string of the molecule is Cc1cccc(NC(=O)CC2CCCN2)c1O. The number of hydrogen-bond donors (Lipinski definition) is 3. The zero-order chi connectivity index (χ0) is 12.3. The van der Waals surface area contributed by atoms with E-state index in [1.54, 1.807) is 6.07 Å². The van der Waals surface area contributed by atoms with E-state index in [0.29, 0.717) is 12.1 Å². The number of para-hydroxylation sites is 1. The van der Waals surface area contributed by atoms with Gasteiger partial charge in [-0.15, -0.1) is 0 Å². The average molecular weight is 234 g/mol. The van der Waals surface area contributed by atoms with Crippen LogP contribution in [0.4, 0.5) is 5.69 Å². The van der Waals surface area contributed by atoms with E-state index in [0.717, 1.165) is 24.9 Å². The maximum Gasteiger partial charge on any atom is 0.226 e. The van der Waals surface area contributed by atoms with Gasteiger partial charge in [-0.2, -0.15) is 0 Å². The van der Waals surface area contributed by atoms with Crippen molar-refractivity contribution in [3.8, 4) is 5.75 Å². The highest BCUT2D eigenvalue weighted by Gasteiger charge is 2.18. The number of benzene rings is 1. The summed E-state index contributed by atoms with van der Waals surface area (Å²) < 4.78 is 0. The maximum absolute atomic E-state index is 11.8. The first-order valence-electron chi connectivity index (χ1n) is 5.98. The van der Waals surface area contributed by atoms with Crippen molar-refractivity contribution in [3.05, 3.63) is 23.8 Å². The summed E-state index contributed by atoms with van der Waals surface area (Å²) in [7, 11) is 0. The van der Waals surface area contributed by atoms with Gasteiger partial charge in [0.2, 0.25) is 5.91 Å². The molecule has 17 heavy (non-hydrogen) atoms.